The Bertz CT molecular complexity index is 764. The second kappa shape index (κ2) is 7.67. The minimum atomic E-state index is -4.78. The second-order valence-electron chi connectivity index (χ2n) is 7.42. The van der Waals surface area contributed by atoms with Crippen molar-refractivity contribution in [3.63, 3.8) is 0 Å². The maximum absolute atomic E-state index is 14.0. The molecule has 3 rings (SSSR count). The number of carbonyl (C=O) groups excluding carboxylic acids is 2. The molecule has 28 heavy (non-hydrogen) atoms. The Balaban J connectivity index is 1.76. The summed E-state index contributed by atoms with van der Waals surface area (Å²) in [5.74, 6) is -2.07. The van der Waals surface area contributed by atoms with Gasteiger partial charge in [-0.2, -0.15) is 13.2 Å². The third-order valence-electron chi connectivity index (χ3n) is 4.93. The van der Waals surface area contributed by atoms with Gasteiger partial charge in [0, 0.05) is 0 Å². The van der Waals surface area contributed by atoms with E-state index in [0.717, 1.165) is 18.9 Å². The molecule has 6 nitrogen and oxygen atoms in total. The first-order valence-electron chi connectivity index (χ1n) is 8.95. The molecular weight excluding hydrogens is 380 g/mol. The maximum atomic E-state index is 14.0. The lowest BCUT2D eigenvalue weighted by Crippen LogP contribution is -2.65. The van der Waals surface area contributed by atoms with E-state index < -0.39 is 41.8 Å². The minimum absolute atomic E-state index is 0.0298. The first-order chi connectivity index (χ1) is 13.1. The minimum Gasteiger partial charge on any atom is -0.348 e. The van der Waals surface area contributed by atoms with Crippen LogP contribution in [-0.4, -0.2) is 43.1 Å². The smallest absolute Gasteiger partial charge is 0.348 e. The van der Waals surface area contributed by atoms with E-state index in [2.05, 4.69) is 16.0 Å². The average Bonchev–Trinajstić information content (AvgIpc) is 3.42. The Labute approximate surface area is 159 Å². The van der Waals surface area contributed by atoms with E-state index >= 15 is 0 Å². The zero-order valence-electron chi connectivity index (χ0n) is 15.4. The molecule has 0 radical (unpaired) electrons. The number of carbonyl (C=O) groups is 2. The van der Waals surface area contributed by atoms with Crippen molar-refractivity contribution >= 4 is 11.8 Å². The van der Waals surface area contributed by atoms with Crippen molar-refractivity contribution in [1.82, 2.24) is 20.9 Å². The van der Waals surface area contributed by atoms with Crippen LogP contribution in [0.1, 0.15) is 36.4 Å². The third-order valence-corrected chi connectivity index (χ3v) is 4.93. The van der Waals surface area contributed by atoms with Gasteiger partial charge in [0.25, 0.3) is 0 Å². The fourth-order valence-corrected chi connectivity index (χ4v) is 3.25. The van der Waals surface area contributed by atoms with Gasteiger partial charge in [-0.15, -0.1) is 0 Å². The van der Waals surface area contributed by atoms with Gasteiger partial charge in [-0.1, -0.05) is 6.07 Å². The van der Waals surface area contributed by atoms with Crippen LogP contribution in [0.25, 0.3) is 0 Å². The van der Waals surface area contributed by atoms with Gasteiger partial charge < -0.3 is 10.6 Å². The van der Waals surface area contributed by atoms with Crippen LogP contribution >= 0.6 is 0 Å². The van der Waals surface area contributed by atoms with Gasteiger partial charge in [-0.05, 0) is 50.6 Å². The van der Waals surface area contributed by atoms with Crippen LogP contribution in [0.5, 0.6) is 0 Å². The Kier molecular flexibility index (Phi) is 5.62. The summed E-state index contributed by atoms with van der Waals surface area (Å²) < 4.78 is 52.3. The molecule has 1 aliphatic heterocycles. The standard InChI is InChI=1S/C18H22F4N4O2/c1-26(2)17-23-13(8-14(27)24-17)16(28)25-15(9-3-4-9)10-5-6-11(12(19)7-10)18(20,21)22/h5-7,9,13,15,17,23H,3-4,8H2,1-2H3,(H,24,27)(H,25,28)/t13?,15-,17?/m1/s1. The fraction of sp³-hybridized carbons (Fsp3) is 0.556. The Hall–Kier alpha value is -2.20. The molecule has 1 heterocycles. The van der Waals surface area contributed by atoms with Crippen LogP contribution in [0.15, 0.2) is 18.2 Å². The van der Waals surface area contributed by atoms with Crippen LogP contribution in [-0.2, 0) is 15.8 Å². The number of hydrogen-bond acceptors (Lipinski definition) is 4. The zero-order chi connectivity index (χ0) is 20.6. The lowest BCUT2D eigenvalue weighted by Gasteiger charge is -2.35. The van der Waals surface area contributed by atoms with Crippen LogP contribution < -0.4 is 16.0 Å². The van der Waals surface area contributed by atoms with E-state index in [0.29, 0.717) is 6.07 Å². The van der Waals surface area contributed by atoms with Crippen LogP contribution in [0.3, 0.4) is 0 Å². The molecule has 3 N–H and O–H groups in total. The summed E-state index contributed by atoms with van der Waals surface area (Å²) in [4.78, 5) is 26.2. The Morgan fingerprint density at radius 1 is 1.29 bits per heavy atom. The third kappa shape index (κ3) is 4.61. The predicted molar refractivity (Wildman–Crippen MR) is 92.2 cm³/mol. The fourth-order valence-electron chi connectivity index (χ4n) is 3.25. The largest absolute Gasteiger partial charge is 0.419 e. The normalized spacial score (nSPS) is 24.0. The van der Waals surface area contributed by atoms with Gasteiger partial charge in [0.2, 0.25) is 11.8 Å². The van der Waals surface area contributed by atoms with Crippen molar-refractivity contribution in [2.45, 2.75) is 43.8 Å². The first kappa shape index (κ1) is 20.5. The molecule has 154 valence electrons. The van der Waals surface area contributed by atoms with Crippen LogP contribution in [0.2, 0.25) is 0 Å². The lowest BCUT2D eigenvalue weighted by molar-refractivity contribution is -0.140. The molecule has 10 heteroatoms. The summed E-state index contributed by atoms with van der Waals surface area (Å²) in [5, 5.41) is 8.47. The number of benzene rings is 1. The highest BCUT2D eigenvalue weighted by Gasteiger charge is 2.39. The number of amides is 2. The Morgan fingerprint density at radius 2 is 1.96 bits per heavy atom. The number of nitrogens with zero attached hydrogens (tertiary/aromatic N) is 1. The number of nitrogens with one attached hydrogen (secondary N) is 3. The van der Waals surface area contributed by atoms with E-state index in [1.807, 2.05) is 0 Å². The molecule has 2 aliphatic rings. The van der Waals surface area contributed by atoms with E-state index in [-0.39, 0.29) is 23.8 Å². The quantitative estimate of drug-likeness (QED) is 0.656. The summed E-state index contributed by atoms with van der Waals surface area (Å²) in [5.41, 5.74) is -1.05. The summed E-state index contributed by atoms with van der Waals surface area (Å²) in [7, 11) is 3.46. The van der Waals surface area contributed by atoms with Crippen molar-refractivity contribution in [2.75, 3.05) is 14.1 Å². The van der Waals surface area contributed by atoms with Crippen molar-refractivity contribution in [2.24, 2.45) is 5.92 Å². The van der Waals surface area contributed by atoms with Crippen molar-refractivity contribution in [3.8, 4) is 0 Å². The van der Waals surface area contributed by atoms with Crippen LogP contribution in [0.4, 0.5) is 17.6 Å². The average molecular weight is 402 g/mol. The summed E-state index contributed by atoms with van der Waals surface area (Å²) in [6, 6.07) is 1.32. The topological polar surface area (TPSA) is 73.5 Å². The van der Waals surface area contributed by atoms with Crippen molar-refractivity contribution in [3.05, 3.63) is 35.1 Å². The van der Waals surface area contributed by atoms with Gasteiger partial charge >= 0.3 is 6.18 Å². The second-order valence-corrected chi connectivity index (χ2v) is 7.42. The van der Waals surface area contributed by atoms with Gasteiger partial charge in [0.15, 0.2) is 0 Å². The molecular formula is C18H22F4N4O2. The molecule has 2 fully saturated rings. The molecule has 0 aromatic heterocycles. The molecule has 1 aliphatic carbocycles. The van der Waals surface area contributed by atoms with E-state index in [1.54, 1.807) is 19.0 Å². The maximum Gasteiger partial charge on any atom is 0.419 e. The zero-order valence-corrected chi connectivity index (χ0v) is 15.4. The molecule has 1 saturated carbocycles. The molecule has 2 amide bonds. The first-order valence-corrected chi connectivity index (χ1v) is 8.95. The predicted octanol–water partition coefficient (Wildman–Crippen LogP) is 1.74. The molecule has 0 spiro atoms. The molecule has 2 unspecified atom stereocenters. The van der Waals surface area contributed by atoms with Gasteiger partial charge in [0.1, 0.15) is 12.1 Å². The highest BCUT2D eigenvalue weighted by molar-refractivity contribution is 5.89. The number of alkyl halides is 3. The summed E-state index contributed by atoms with van der Waals surface area (Å²) in [6.45, 7) is 0. The SMILES string of the molecule is CN(C)C1NC(=O)CC(C(=O)N[C@@H](c2ccc(C(F)(F)F)c(F)c2)C2CC2)N1. The molecule has 3 atom stereocenters. The molecule has 1 saturated heterocycles. The monoisotopic (exact) mass is 402 g/mol. The van der Waals surface area contributed by atoms with Crippen LogP contribution in [0, 0.1) is 11.7 Å². The van der Waals surface area contributed by atoms with E-state index in [9.17, 15) is 27.2 Å². The van der Waals surface area contributed by atoms with Crippen molar-refractivity contribution < 1.29 is 27.2 Å². The summed E-state index contributed by atoms with van der Waals surface area (Å²) >= 11 is 0. The van der Waals surface area contributed by atoms with E-state index in [4.69, 9.17) is 0 Å². The highest BCUT2D eigenvalue weighted by Crippen LogP contribution is 2.42. The number of rotatable bonds is 5. The van der Waals surface area contributed by atoms with Gasteiger partial charge in [-0.3, -0.25) is 19.8 Å². The number of hydrogen-bond donors (Lipinski definition) is 3. The number of halogens is 4. The van der Waals surface area contributed by atoms with E-state index in [1.165, 1.54) is 6.07 Å². The van der Waals surface area contributed by atoms with Crippen molar-refractivity contribution in [1.29, 1.82) is 0 Å². The summed E-state index contributed by atoms with van der Waals surface area (Å²) in [6.07, 6.45) is -3.78. The van der Waals surface area contributed by atoms with Gasteiger partial charge in [-0.25, -0.2) is 4.39 Å². The highest BCUT2D eigenvalue weighted by atomic mass is 19.4. The van der Waals surface area contributed by atoms with Gasteiger partial charge in [0.05, 0.1) is 24.1 Å². The Morgan fingerprint density at radius 3 is 2.50 bits per heavy atom. The lowest BCUT2D eigenvalue weighted by atomic mass is 9.99. The molecule has 1 aromatic rings. The molecule has 0 bridgehead atoms. The molecule has 1 aromatic carbocycles.